The molecule has 2 N–H and O–H groups in total. The summed E-state index contributed by atoms with van der Waals surface area (Å²) in [7, 11) is 1.44. The minimum Gasteiger partial charge on any atom is -0.504 e. The number of nitriles is 1. The second kappa shape index (κ2) is 8.36. The van der Waals surface area contributed by atoms with Crippen molar-refractivity contribution >= 4 is 34.6 Å². The Bertz CT molecular complexity index is 811. The number of aromatic hydroxyl groups is 1. The summed E-state index contributed by atoms with van der Waals surface area (Å²) in [5.74, 6) is -0.138. The lowest BCUT2D eigenvalue weighted by atomic mass is 10.1. The van der Waals surface area contributed by atoms with Crippen LogP contribution in [0.15, 0.2) is 48.0 Å². The van der Waals surface area contributed by atoms with Gasteiger partial charge in [-0.2, -0.15) is 5.26 Å². The van der Waals surface area contributed by atoms with Gasteiger partial charge in [-0.3, -0.25) is 4.79 Å². The summed E-state index contributed by atoms with van der Waals surface area (Å²) in [5, 5.41) is 21.8. The zero-order chi connectivity index (χ0) is 17.5. The Morgan fingerprint density at radius 1 is 1.38 bits per heavy atom. The van der Waals surface area contributed by atoms with E-state index in [2.05, 4.69) is 5.32 Å². The Balaban J connectivity index is 2.18. The Labute approximate surface area is 153 Å². The highest BCUT2D eigenvalue weighted by molar-refractivity contribution is 14.1. The number of carbonyl (C=O) groups excluding carboxylic acids is 1. The summed E-state index contributed by atoms with van der Waals surface area (Å²) in [6, 6.07) is 14.6. The van der Waals surface area contributed by atoms with Crippen LogP contribution in [0.4, 0.5) is 0 Å². The zero-order valence-electron chi connectivity index (χ0n) is 12.9. The highest BCUT2D eigenvalue weighted by atomic mass is 127. The Kier molecular flexibility index (Phi) is 6.21. The first kappa shape index (κ1) is 17.8. The SMILES string of the molecule is COc1cc(/C=C(/C#N)C(=O)NCc2ccccc2)cc(I)c1O. The lowest BCUT2D eigenvalue weighted by molar-refractivity contribution is -0.117. The number of nitrogens with one attached hydrogen (secondary N) is 1. The smallest absolute Gasteiger partial charge is 0.262 e. The van der Waals surface area contributed by atoms with Crippen LogP contribution in [0.5, 0.6) is 11.5 Å². The van der Waals surface area contributed by atoms with Crippen LogP contribution in [-0.4, -0.2) is 18.1 Å². The number of nitrogens with zero attached hydrogens (tertiary/aromatic N) is 1. The van der Waals surface area contributed by atoms with Gasteiger partial charge in [0.25, 0.3) is 5.91 Å². The number of phenols is 1. The number of hydrogen-bond donors (Lipinski definition) is 2. The van der Waals surface area contributed by atoms with E-state index >= 15 is 0 Å². The Morgan fingerprint density at radius 3 is 2.71 bits per heavy atom. The standard InChI is InChI=1S/C18H15IN2O3/c1-24-16-9-13(8-15(19)17(16)22)7-14(10-20)18(23)21-11-12-5-3-2-4-6-12/h2-9,22H,11H2,1H3,(H,21,23)/b14-7-. The molecule has 122 valence electrons. The third-order valence-electron chi connectivity index (χ3n) is 3.24. The van der Waals surface area contributed by atoms with Gasteiger partial charge in [-0.05, 0) is 51.9 Å². The molecule has 0 unspecified atom stereocenters. The molecule has 0 fully saturated rings. The molecular weight excluding hydrogens is 419 g/mol. The fraction of sp³-hybridized carbons (Fsp3) is 0.111. The maximum absolute atomic E-state index is 12.2. The molecule has 6 heteroatoms. The number of hydrogen-bond acceptors (Lipinski definition) is 4. The summed E-state index contributed by atoms with van der Waals surface area (Å²) in [4.78, 5) is 12.2. The number of carbonyl (C=O) groups is 1. The monoisotopic (exact) mass is 434 g/mol. The van der Waals surface area contributed by atoms with Gasteiger partial charge in [0, 0.05) is 6.54 Å². The van der Waals surface area contributed by atoms with Crippen LogP contribution in [0.3, 0.4) is 0 Å². The fourth-order valence-corrected chi connectivity index (χ4v) is 2.65. The quantitative estimate of drug-likeness (QED) is 0.430. The minimum atomic E-state index is -0.455. The molecule has 2 aromatic carbocycles. The van der Waals surface area contributed by atoms with Crippen molar-refractivity contribution in [2.24, 2.45) is 0 Å². The van der Waals surface area contributed by atoms with E-state index < -0.39 is 5.91 Å². The van der Waals surface area contributed by atoms with Gasteiger partial charge >= 0.3 is 0 Å². The molecule has 0 heterocycles. The number of benzene rings is 2. The van der Waals surface area contributed by atoms with Gasteiger partial charge in [0.2, 0.25) is 0 Å². The lowest BCUT2D eigenvalue weighted by Gasteiger charge is -2.07. The number of rotatable bonds is 5. The molecule has 0 saturated carbocycles. The zero-order valence-corrected chi connectivity index (χ0v) is 15.1. The van der Waals surface area contributed by atoms with Gasteiger partial charge in [-0.15, -0.1) is 0 Å². The van der Waals surface area contributed by atoms with Gasteiger partial charge in [-0.25, -0.2) is 0 Å². The Hall–Kier alpha value is -2.53. The average molecular weight is 434 g/mol. The second-order valence-electron chi connectivity index (χ2n) is 4.89. The second-order valence-corrected chi connectivity index (χ2v) is 6.05. The lowest BCUT2D eigenvalue weighted by Crippen LogP contribution is -2.23. The van der Waals surface area contributed by atoms with Gasteiger partial charge in [0.1, 0.15) is 11.6 Å². The van der Waals surface area contributed by atoms with E-state index in [9.17, 15) is 15.2 Å². The van der Waals surface area contributed by atoms with Gasteiger partial charge in [-0.1, -0.05) is 30.3 Å². The molecule has 0 spiro atoms. The largest absolute Gasteiger partial charge is 0.504 e. The van der Waals surface area contributed by atoms with E-state index in [1.54, 1.807) is 12.1 Å². The van der Waals surface area contributed by atoms with Crippen molar-refractivity contribution in [2.75, 3.05) is 7.11 Å². The molecule has 0 aliphatic rings. The molecule has 0 aliphatic carbocycles. The normalized spacial score (nSPS) is 10.8. The molecule has 2 rings (SSSR count). The van der Waals surface area contributed by atoms with Crippen LogP contribution >= 0.6 is 22.6 Å². The van der Waals surface area contributed by atoms with Crippen molar-refractivity contribution in [1.29, 1.82) is 5.26 Å². The first-order valence-electron chi connectivity index (χ1n) is 7.05. The maximum atomic E-state index is 12.2. The number of amides is 1. The van der Waals surface area contributed by atoms with Crippen molar-refractivity contribution in [3.63, 3.8) is 0 Å². The van der Waals surface area contributed by atoms with Crippen LogP contribution in [0, 0.1) is 14.9 Å². The fourth-order valence-electron chi connectivity index (χ4n) is 2.02. The first-order valence-corrected chi connectivity index (χ1v) is 8.13. The summed E-state index contributed by atoms with van der Waals surface area (Å²) in [5.41, 5.74) is 1.53. The van der Waals surface area contributed by atoms with Gasteiger partial charge < -0.3 is 15.2 Å². The predicted molar refractivity (Wildman–Crippen MR) is 99.3 cm³/mol. The summed E-state index contributed by atoms with van der Waals surface area (Å²) in [6.45, 7) is 0.342. The number of ether oxygens (including phenoxy) is 1. The molecule has 0 aliphatic heterocycles. The van der Waals surface area contributed by atoms with E-state index in [1.807, 2.05) is 59.0 Å². The van der Waals surface area contributed by atoms with Crippen LogP contribution < -0.4 is 10.1 Å². The maximum Gasteiger partial charge on any atom is 0.262 e. The van der Waals surface area contributed by atoms with E-state index in [0.717, 1.165) is 5.56 Å². The molecule has 0 atom stereocenters. The third-order valence-corrected chi connectivity index (χ3v) is 4.06. The highest BCUT2D eigenvalue weighted by Crippen LogP contribution is 2.33. The van der Waals surface area contributed by atoms with Crippen LogP contribution in [0.1, 0.15) is 11.1 Å². The van der Waals surface area contributed by atoms with Gasteiger partial charge in [0.05, 0.1) is 10.7 Å². The molecule has 1 amide bonds. The van der Waals surface area contributed by atoms with Crippen molar-refractivity contribution < 1.29 is 14.6 Å². The molecule has 2 aromatic rings. The van der Waals surface area contributed by atoms with E-state index in [1.165, 1.54) is 13.2 Å². The highest BCUT2D eigenvalue weighted by Gasteiger charge is 2.12. The number of halogens is 1. The minimum absolute atomic E-state index is 0.0190. The van der Waals surface area contributed by atoms with Gasteiger partial charge in [0.15, 0.2) is 11.5 Å². The molecule has 0 bridgehead atoms. The van der Waals surface area contributed by atoms with E-state index in [-0.39, 0.29) is 17.1 Å². The molecule has 0 radical (unpaired) electrons. The van der Waals surface area contributed by atoms with Crippen molar-refractivity contribution in [1.82, 2.24) is 5.32 Å². The van der Waals surface area contributed by atoms with E-state index in [4.69, 9.17) is 4.74 Å². The number of phenolic OH excluding ortho intramolecular Hbond substituents is 1. The molecule has 24 heavy (non-hydrogen) atoms. The molecule has 5 nitrogen and oxygen atoms in total. The summed E-state index contributed by atoms with van der Waals surface area (Å²) < 4.78 is 5.65. The topological polar surface area (TPSA) is 82.3 Å². The van der Waals surface area contributed by atoms with Crippen LogP contribution in [0.25, 0.3) is 6.08 Å². The average Bonchev–Trinajstić information content (AvgIpc) is 2.61. The summed E-state index contributed by atoms with van der Waals surface area (Å²) >= 11 is 1.96. The Morgan fingerprint density at radius 2 is 2.08 bits per heavy atom. The first-order chi connectivity index (χ1) is 11.5. The summed E-state index contributed by atoms with van der Waals surface area (Å²) in [6.07, 6.45) is 1.46. The van der Waals surface area contributed by atoms with Crippen LogP contribution in [-0.2, 0) is 11.3 Å². The molecular formula is C18H15IN2O3. The van der Waals surface area contributed by atoms with Crippen molar-refractivity contribution in [3.8, 4) is 17.6 Å². The van der Waals surface area contributed by atoms with Crippen molar-refractivity contribution in [2.45, 2.75) is 6.54 Å². The van der Waals surface area contributed by atoms with E-state index in [0.29, 0.717) is 15.7 Å². The number of methoxy groups -OCH3 is 1. The predicted octanol–water partition coefficient (Wildman–Crippen LogP) is 3.23. The van der Waals surface area contributed by atoms with Crippen molar-refractivity contribution in [3.05, 3.63) is 62.7 Å². The molecule has 0 saturated heterocycles. The third kappa shape index (κ3) is 4.49. The van der Waals surface area contributed by atoms with Crippen LogP contribution in [0.2, 0.25) is 0 Å². The molecule has 0 aromatic heterocycles.